The molecule has 0 radical (unpaired) electrons. The lowest BCUT2D eigenvalue weighted by molar-refractivity contribution is -0.436. The number of alkyl halides is 4. The van der Waals surface area contributed by atoms with Gasteiger partial charge in [0.1, 0.15) is 17.8 Å². The largest absolute Gasteiger partial charge is 0.573 e. The van der Waals surface area contributed by atoms with Crippen LogP contribution in [0.15, 0.2) is 65.0 Å². The zero-order valence-electron chi connectivity index (χ0n) is 30.9. The molecule has 4 atom stereocenters. The Morgan fingerprint density at radius 2 is 1.79 bits per heavy atom. The van der Waals surface area contributed by atoms with E-state index in [4.69, 9.17) is 0 Å². The van der Waals surface area contributed by atoms with E-state index in [0.717, 1.165) is 36.2 Å². The Morgan fingerprint density at radius 1 is 1.10 bits per heavy atom. The van der Waals surface area contributed by atoms with Crippen molar-refractivity contribution < 1.29 is 46.7 Å². The maximum Gasteiger partial charge on any atom is 0.573 e. The monoisotopic (exact) mass is 728 g/mol. The molecule has 0 bridgehead atoms. The molecule has 52 heavy (non-hydrogen) atoms. The van der Waals surface area contributed by atoms with Gasteiger partial charge in [-0.3, -0.25) is 9.59 Å². The van der Waals surface area contributed by atoms with E-state index >= 15 is 4.39 Å². The SMILES string of the molecule is CCCCC1(C)C(/C=C/C(C#N)=C/C=C2/N(CCC(=O)O)C3=C(CC(C)(F)C(C)C3)C2(C)CCC)=[N+](CCC(=O)O)c2ccc(OC(F)(F)F)cc21. The number of carboxylic acids is 2. The summed E-state index contributed by atoms with van der Waals surface area (Å²) >= 11 is 0. The molecule has 3 aliphatic rings. The third-order valence-electron chi connectivity index (χ3n) is 11.0. The van der Waals surface area contributed by atoms with Gasteiger partial charge in [0.25, 0.3) is 0 Å². The number of allylic oxidation sites excluding steroid dienone is 7. The second kappa shape index (κ2) is 15.7. The van der Waals surface area contributed by atoms with Crippen LogP contribution < -0.4 is 4.74 Å². The summed E-state index contributed by atoms with van der Waals surface area (Å²) in [5, 5.41) is 29.5. The number of carbonyl (C=O) groups is 2. The van der Waals surface area contributed by atoms with E-state index in [-0.39, 0.29) is 49.6 Å². The lowest BCUT2D eigenvalue weighted by Gasteiger charge is -2.37. The van der Waals surface area contributed by atoms with Gasteiger partial charge < -0.3 is 19.8 Å². The highest BCUT2D eigenvalue weighted by Crippen LogP contribution is 2.58. The highest BCUT2D eigenvalue weighted by Gasteiger charge is 2.52. The maximum atomic E-state index is 15.8. The van der Waals surface area contributed by atoms with Crippen LogP contribution in [0.1, 0.15) is 105 Å². The Labute approximate surface area is 303 Å². The normalized spacial score (nSPS) is 27.0. The first-order valence-electron chi connectivity index (χ1n) is 18.0. The number of halogens is 4. The van der Waals surface area contributed by atoms with Gasteiger partial charge in [-0.15, -0.1) is 13.2 Å². The molecule has 1 aliphatic carbocycles. The minimum atomic E-state index is -4.89. The van der Waals surface area contributed by atoms with Gasteiger partial charge in [-0.2, -0.15) is 9.84 Å². The van der Waals surface area contributed by atoms with Crippen molar-refractivity contribution in [2.24, 2.45) is 11.3 Å². The van der Waals surface area contributed by atoms with Crippen LogP contribution in [0.25, 0.3) is 0 Å². The molecule has 282 valence electrons. The van der Waals surface area contributed by atoms with Crippen molar-refractivity contribution >= 4 is 23.3 Å². The number of unbranched alkanes of at least 4 members (excludes halogenated alkanes) is 1. The Balaban J connectivity index is 1.83. The Bertz CT molecular complexity index is 1770. The van der Waals surface area contributed by atoms with Crippen molar-refractivity contribution in [3.8, 4) is 11.8 Å². The van der Waals surface area contributed by atoms with Gasteiger partial charge in [0.05, 0.1) is 23.5 Å². The molecule has 12 heteroatoms. The highest BCUT2D eigenvalue weighted by atomic mass is 19.4. The topological polar surface area (TPSA) is 114 Å². The second-order valence-corrected chi connectivity index (χ2v) is 14.8. The minimum absolute atomic E-state index is 0.0515. The van der Waals surface area contributed by atoms with E-state index in [1.165, 1.54) is 18.2 Å². The van der Waals surface area contributed by atoms with Crippen LogP contribution in [-0.4, -0.2) is 62.5 Å². The van der Waals surface area contributed by atoms with Crippen molar-refractivity contribution in [3.63, 3.8) is 0 Å². The molecule has 0 saturated heterocycles. The number of rotatable bonds is 15. The fourth-order valence-electron chi connectivity index (χ4n) is 8.09. The molecular weight excluding hydrogens is 678 g/mol. The quantitative estimate of drug-likeness (QED) is 0.0801. The minimum Gasteiger partial charge on any atom is -0.481 e. The molecule has 0 fully saturated rings. The summed E-state index contributed by atoms with van der Waals surface area (Å²) in [6.45, 7) is 11.7. The molecular formula is C40H50F4N3O5+. The molecule has 2 aliphatic heterocycles. The molecule has 8 nitrogen and oxygen atoms in total. The molecule has 0 aromatic heterocycles. The Kier molecular flexibility index (Phi) is 12.2. The van der Waals surface area contributed by atoms with Crippen molar-refractivity contribution in [1.29, 1.82) is 5.26 Å². The fourth-order valence-corrected chi connectivity index (χ4v) is 8.09. The maximum absolute atomic E-state index is 15.8. The third kappa shape index (κ3) is 8.45. The number of ether oxygens (including phenoxy) is 1. The first-order valence-corrected chi connectivity index (χ1v) is 18.0. The number of nitriles is 1. The van der Waals surface area contributed by atoms with Crippen molar-refractivity contribution in [2.45, 2.75) is 117 Å². The van der Waals surface area contributed by atoms with E-state index in [1.807, 2.05) is 38.7 Å². The van der Waals surface area contributed by atoms with Crippen LogP contribution in [0.5, 0.6) is 5.75 Å². The van der Waals surface area contributed by atoms with Crippen LogP contribution in [0.4, 0.5) is 23.2 Å². The molecule has 4 rings (SSSR count). The molecule has 0 spiro atoms. The van der Waals surface area contributed by atoms with Crippen LogP contribution >= 0.6 is 0 Å². The summed E-state index contributed by atoms with van der Waals surface area (Å²) in [7, 11) is 0. The number of aliphatic carboxylic acids is 2. The van der Waals surface area contributed by atoms with E-state index < -0.39 is 34.8 Å². The van der Waals surface area contributed by atoms with Gasteiger partial charge in [-0.25, -0.2) is 4.39 Å². The standard InChI is InChI=1S/C40H49F4N3O5/c1-7-9-19-38(5)29-23-28(52-40(42,43)44)12-13-31(29)46(20-16-35(48)49)34(38)15-11-27(25-45)10-14-33-37(4,18-8-2)30-24-39(6,41)26(3)22-32(30)47(33)21-17-36(50)51/h10-15,23,26H,7-9,16-22,24H2,1-6H3,(H-,48,49,50,51)/p+1. The van der Waals surface area contributed by atoms with Crippen LogP contribution in [0.2, 0.25) is 0 Å². The highest BCUT2D eigenvalue weighted by molar-refractivity contribution is 6.03. The lowest BCUT2D eigenvalue weighted by atomic mass is 9.68. The molecule has 2 N–H and O–H groups in total. The number of fused-ring (bicyclic) bond motifs is 1. The second-order valence-electron chi connectivity index (χ2n) is 14.8. The molecule has 0 saturated carbocycles. The predicted octanol–water partition coefficient (Wildman–Crippen LogP) is 9.51. The van der Waals surface area contributed by atoms with Crippen LogP contribution in [0.3, 0.4) is 0 Å². The molecule has 2 heterocycles. The third-order valence-corrected chi connectivity index (χ3v) is 11.0. The van der Waals surface area contributed by atoms with Crippen LogP contribution in [-0.2, 0) is 15.0 Å². The number of hydrogen-bond acceptors (Lipinski definition) is 5. The fraction of sp³-hybridized carbons (Fsp3) is 0.550. The predicted molar refractivity (Wildman–Crippen MR) is 190 cm³/mol. The van der Waals surface area contributed by atoms with Gasteiger partial charge >= 0.3 is 18.3 Å². The molecule has 1 aromatic carbocycles. The summed E-state index contributed by atoms with van der Waals surface area (Å²) in [6.07, 6.45) is 5.85. The molecule has 1 aromatic rings. The van der Waals surface area contributed by atoms with E-state index in [1.54, 1.807) is 29.7 Å². The van der Waals surface area contributed by atoms with Crippen molar-refractivity contribution in [3.05, 3.63) is 70.6 Å². The number of carboxylic acid groups (broad SMARTS) is 2. The van der Waals surface area contributed by atoms with E-state index in [9.17, 15) is 38.2 Å². The van der Waals surface area contributed by atoms with Gasteiger partial charge in [-0.05, 0) is 75.0 Å². The average molecular weight is 729 g/mol. The van der Waals surface area contributed by atoms with Gasteiger partial charge in [0.15, 0.2) is 12.3 Å². The summed E-state index contributed by atoms with van der Waals surface area (Å²) in [4.78, 5) is 25.4. The van der Waals surface area contributed by atoms with Gasteiger partial charge in [0, 0.05) is 47.5 Å². The van der Waals surface area contributed by atoms with Crippen molar-refractivity contribution in [1.82, 2.24) is 4.90 Å². The van der Waals surface area contributed by atoms with E-state index in [0.29, 0.717) is 36.2 Å². The number of benzene rings is 1. The van der Waals surface area contributed by atoms with Gasteiger partial charge in [0.2, 0.25) is 5.69 Å². The summed E-state index contributed by atoms with van der Waals surface area (Å²) in [5.74, 6) is -2.64. The average Bonchev–Trinajstić information content (AvgIpc) is 3.40. The lowest BCUT2D eigenvalue weighted by Crippen LogP contribution is -2.35. The number of nitrogens with zero attached hydrogens (tertiary/aromatic N) is 3. The molecule has 4 unspecified atom stereocenters. The zero-order chi connectivity index (χ0) is 38.6. The summed E-state index contributed by atoms with van der Waals surface area (Å²) < 4.78 is 61.5. The zero-order valence-corrected chi connectivity index (χ0v) is 30.9. The smallest absolute Gasteiger partial charge is 0.481 e. The number of hydrogen-bond donors (Lipinski definition) is 2. The van der Waals surface area contributed by atoms with Crippen molar-refractivity contribution in [2.75, 3.05) is 13.1 Å². The first-order chi connectivity index (χ1) is 24.3. The Morgan fingerprint density at radius 3 is 2.38 bits per heavy atom. The Hall–Kier alpha value is -4.40. The summed E-state index contributed by atoms with van der Waals surface area (Å²) in [5.41, 5.74) is 1.90. The summed E-state index contributed by atoms with van der Waals surface area (Å²) in [6, 6.07) is 6.30. The molecule has 0 amide bonds. The van der Waals surface area contributed by atoms with E-state index in [2.05, 4.69) is 17.7 Å². The first kappa shape index (κ1) is 40.4. The van der Waals surface area contributed by atoms with Gasteiger partial charge in [-0.1, -0.05) is 47.0 Å². The van der Waals surface area contributed by atoms with Crippen LogP contribution in [0, 0.1) is 22.7 Å².